The summed E-state index contributed by atoms with van der Waals surface area (Å²) in [5.41, 5.74) is 15.1. The van der Waals surface area contributed by atoms with Crippen LogP contribution in [0.25, 0.3) is 22.3 Å². The van der Waals surface area contributed by atoms with Crippen LogP contribution in [-0.4, -0.2) is 20.6 Å². The number of hydrogen-bond acceptors (Lipinski definition) is 7. The molecule has 0 spiro atoms. The molecule has 0 bridgehead atoms. The molecular formula is C24H23FN4O4. The van der Waals surface area contributed by atoms with Crippen molar-refractivity contribution in [3.8, 4) is 11.4 Å². The van der Waals surface area contributed by atoms with E-state index in [1.165, 1.54) is 0 Å². The Morgan fingerprint density at radius 2 is 2.09 bits per heavy atom. The van der Waals surface area contributed by atoms with E-state index in [1.54, 1.807) is 24.5 Å². The van der Waals surface area contributed by atoms with E-state index in [0.717, 1.165) is 22.1 Å². The van der Waals surface area contributed by atoms with E-state index < -0.39 is 17.4 Å². The van der Waals surface area contributed by atoms with Gasteiger partial charge < -0.3 is 25.9 Å². The summed E-state index contributed by atoms with van der Waals surface area (Å²) in [4.78, 5) is 30.5. The smallest absolute Gasteiger partial charge is 0.343 e. The van der Waals surface area contributed by atoms with Gasteiger partial charge in [0.1, 0.15) is 6.61 Å². The number of nitrogen functional groups attached to an aromatic ring is 1. The monoisotopic (exact) mass is 450 g/mol. The Morgan fingerprint density at radius 1 is 1.33 bits per heavy atom. The number of aryl methyl sites for hydroxylation is 1. The van der Waals surface area contributed by atoms with Crippen molar-refractivity contribution < 1.29 is 19.0 Å². The molecule has 5 N–H and O–H groups in total. The lowest BCUT2D eigenvalue weighted by Gasteiger charge is -2.31. The van der Waals surface area contributed by atoms with Crippen molar-refractivity contribution in [3.63, 3.8) is 0 Å². The zero-order valence-electron chi connectivity index (χ0n) is 18.3. The Labute approximate surface area is 188 Å². The number of nitrogens with zero attached hydrogens (tertiary/aromatic N) is 2. The second kappa shape index (κ2) is 6.39. The fourth-order valence-corrected chi connectivity index (χ4v) is 5.72. The molecule has 170 valence electrons. The molecule has 0 saturated carbocycles. The summed E-state index contributed by atoms with van der Waals surface area (Å²) in [6, 6.07) is 1.33. The molecule has 33 heavy (non-hydrogen) atoms. The van der Waals surface area contributed by atoms with Gasteiger partial charge in [-0.15, -0.1) is 0 Å². The zero-order valence-corrected chi connectivity index (χ0v) is 18.3. The first kappa shape index (κ1) is 20.3. The number of cyclic esters (lactones) is 1. The van der Waals surface area contributed by atoms with Crippen LogP contribution in [0, 0.1) is 12.7 Å². The Bertz CT molecular complexity index is 1500. The molecule has 2 aliphatic heterocycles. The molecule has 9 heteroatoms. The molecule has 2 aromatic heterocycles. The average Bonchev–Trinajstić information content (AvgIpc) is 3.18. The van der Waals surface area contributed by atoms with E-state index in [0.29, 0.717) is 35.3 Å². The maximum absolute atomic E-state index is 15.0. The van der Waals surface area contributed by atoms with Crippen LogP contribution < -0.4 is 17.0 Å². The van der Waals surface area contributed by atoms with Crippen molar-refractivity contribution in [2.45, 2.75) is 57.9 Å². The van der Waals surface area contributed by atoms with Crippen LogP contribution in [0.4, 0.5) is 10.1 Å². The minimum Gasteiger partial charge on any atom is -0.458 e. The zero-order chi connectivity index (χ0) is 23.4. The van der Waals surface area contributed by atoms with Crippen LogP contribution in [0.1, 0.15) is 59.2 Å². The van der Waals surface area contributed by atoms with Gasteiger partial charge in [-0.1, -0.05) is 6.92 Å². The highest BCUT2D eigenvalue weighted by Crippen LogP contribution is 2.46. The van der Waals surface area contributed by atoms with Crippen LogP contribution in [0.5, 0.6) is 0 Å². The number of rotatable bonds is 1. The summed E-state index contributed by atoms with van der Waals surface area (Å²) in [6.45, 7) is 3.41. The van der Waals surface area contributed by atoms with Gasteiger partial charge >= 0.3 is 5.97 Å². The van der Waals surface area contributed by atoms with Crippen LogP contribution in [-0.2, 0) is 34.7 Å². The van der Waals surface area contributed by atoms with Crippen molar-refractivity contribution in [1.82, 2.24) is 9.55 Å². The van der Waals surface area contributed by atoms with E-state index in [1.807, 2.05) is 0 Å². The number of aliphatic hydroxyl groups is 1. The molecule has 0 radical (unpaired) electrons. The van der Waals surface area contributed by atoms with Gasteiger partial charge in [0.2, 0.25) is 0 Å². The van der Waals surface area contributed by atoms with Crippen LogP contribution in [0.3, 0.4) is 0 Å². The number of halogens is 1. The maximum atomic E-state index is 15.0. The van der Waals surface area contributed by atoms with Gasteiger partial charge in [0.25, 0.3) is 5.56 Å². The van der Waals surface area contributed by atoms with Crippen LogP contribution >= 0.6 is 0 Å². The number of carbonyl (C=O) groups is 1. The van der Waals surface area contributed by atoms with E-state index in [2.05, 4.69) is 0 Å². The second-order valence-electron chi connectivity index (χ2n) is 9.16. The lowest BCUT2D eigenvalue weighted by molar-refractivity contribution is -0.172. The lowest BCUT2D eigenvalue weighted by atomic mass is 9.81. The first-order valence-corrected chi connectivity index (χ1v) is 11.0. The number of pyridine rings is 2. The molecule has 4 heterocycles. The molecular weight excluding hydrogens is 427 g/mol. The molecule has 6 rings (SSSR count). The molecule has 8 nitrogen and oxygen atoms in total. The third-order valence-electron chi connectivity index (χ3n) is 7.59. The summed E-state index contributed by atoms with van der Waals surface area (Å²) in [5.74, 6) is -1.27. The molecule has 3 aliphatic rings. The number of nitrogens with two attached hydrogens (primary N) is 2. The predicted molar refractivity (Wildman–Crippen MR) is 119 cm³/mol. The standard InChI is InChI=1S/C24H23FN4O4/c1-3-24(32)13-6-15-20-11(7-29(15)22(30)12(13)8-33-23(24)31)16-14(26)5-4-10-9(2)18(25)19(27)21(28-20)17(10)16/h6,14,32H,3-5,7-8,26-27H2,1-2H3/t14-,24-/m0/s1. The topological polar surface area (TPSA) is 133 Å². The molecule has 0 unspecified atom stereocenters. The second-order valence-corrected chi connectivity index (χ2v) is 9.16. The number of anilines is 1. The Morgan fingerprint density at radius 3 is 2.82 bits per heavy atom. The molecule has 3 aromatic rings. The highest BCUT2D eigenvalue weighted by Gasteiger charge is 2.45. The van der Waals surface area contributed by atoms with Gasteiger partial charge in [-0.3, -0.25) is 4.79 Å². The molecule has 0 saturated heterocycles. The van der Waals surface area contributed by atoms with Crippen molar-refractivity contribution >= 4 is 22.6 Å². The van der Waals surface area contributed by atoms with Gasteiger partial charge in [-0.05, 0) is 48.9 Å². The van der Waals surface area contributed by atoms with E-state index in [9.17, 15) is 19.1 Å². The number of carbonyl (C=O) groups excluding carboxylic acids is 1. The summed E-state index contributed by atoms with van der Waals surface area (Å²) in [7, 11) is 0. The highest BCUT2D eigenvalue weighted by molar-refractivity contribution is 5.99. The van der Waals surface area contributed by atoms with Gasteiger partial charge in [-0.2, -0.15) is 0 Å². The quantitative estimate of drug-likeness (QED) is 0.299. The van der Waals surface area contributed by atoms with E-state index >= 15 is 0 Å². The van der Waals surface area contributed by atoms with Crippen molar-refractivity contribution in [2.75, 3.05) is 5.73 Å². The largest absolute Gasteiger partial charge is 0.458 e. The summed E-state index contributed by atoms with van der Waals surface area (Å²) < 4.78 is 21.6. The first-order chi connectivity index (χ1) is 15.7. The molecule has 0 amide bonds. The normalized spacial score (nSPS) is 22.7. The van der Waals surface area contributed by atoms with Crippen molar-refractivity contribution in [3.05, 3.63) is 55.6 Å². The first-order valence-electron chi connectivity index (χ1n) is 11.0. The third-order valence-corrected chi connectivity index (χ3v) is 7.59. The highest BCUT2D eigenvalue weighted by atomic mass is 19.1. The number of esters is 1. The third kappa shape index (κ3) is 2.33. The number of fused-ring (bicyclic) bond motifs is 5. The lowest BCUT2D eigenvalue weighted by Crippen LogP contribution is -2.44. The molecule has 1 aromatic carbocycles. The van der Waals surface area contributed by atoms with E-state index in [-0.39, 0.29) is 48.0 Å². The summed E-state index contributed by atoms with van der Waals surface area (Å²) >= 11 is 0. The summed E-state index contributed by atoms with van der Waals surface area (Å²) in [6.07, 6.45) is 1.32. The fraction of sp³-hybridized carbons (Fsp3) is 0.375. The Hall–Kier alpha value is -3.30. The Kier molecular flexibility index (Phi) is 3.93. The number of aromatic nitrogens is 2. The van der Waals surface area contributed by atoms with Crippen LogP contribution in [0.2, 0.25) is 0 Å². The summed E-state index contributed by atoms with van der Waals surface area (Å²) in [5, 5.41) is 11.8. The van der Waals surface area contributed by atoms with Gasteiger partial charge in [0.15, 0.2) is 11.4 Å². The SMILES string of the molecule is CC[C@@]1(O)C(=O)OCc2c1cc1n(c2=O)Cc2c-1nc1c(N)c(F)c(C)c3c1c2[C@@H](N)CC3. The predicted octanol–water partition coefficient (Wildman–Crippen LogP) is 2.06. The fourth-order valence-electron chi connectivity index (χ4n) is 5.72. The van der Waals surface area contributed by atoms with Crippen LogP contribution in [0.15, 0.2) is 10.9 Å². The van der Waals surface area contributed by atoms with Gasteiger partial charge in [0, 0.05) is 22.6 Å². The van der Waals surface area contributed by atoms with Crippen molar-refractivity contribution in [1.29, 1.82) is 0 Å². The molecule has 1 aliphatic carbocycles. The minimum absolute atomic E-state index is 0.0446. The number of hydrogen-bond donors (Lipinski definition) is 3. The number of ether oxygens (including phenoxy) is 1. The molecule has 0 fully saturated rings. The van der Waals surface area contributed by atoms with Gasteiger partial charge in [0.05, 0.1) is 34.7 Å². The van der Waals surface area contributed by atoms with Crippen molar-refractivity contribution in [2.24, 2.45) is 5.73 Å². The molecule has 2 atom stereocenters. The minimum atomic E-state index is -1.91. The van der Waals surface area contributed by atoms with Gasteiger partial charge in [-0.25, -0.2) is 14.2 Å². The average molecular weight is 450 g/mol. The number of benzene rings is 1. The maximum Gasteiger partial charge on any atom is 0.343 e. The Balaban J connectivity index is 1.73. The van der Waals surface area contributed by atoms with E-state index in [4.69, 9.17) is 21.2 Å².